The van der Waals surface area contributed by atoms with Gasteiger partial charge in [-0.2, -0.15) is 0 Å². The van der Waals surface area contributed by atoms with Gasteiger partial charge in [-0.15, -0.1) is 11.3 Å². The lowest BCUT2D eigenvalue weighted by atomic mass is 10.0. The van der Waals surface area contributed by atoms with Crippen LogP contribution in [-0.4, -0.2) is 70.8 Å². The first kappa shape index (κ1) is 44.6. The zero-order valence-corrected chi connectivity index (χ0v) is 34.7. The zero-order valence-electron chi connectivity index (χ0n) is 33.9. The number of unbranched alkanes of at least 4 members (excludes halogenated alkanes) is 2. The first-order chi connectivity index (χ1) is 28.9. The monoisotopic (exact) mass is 838 g/mol. The van der Waals surface area contributed by atoms with Crippen LogP contribution < -0.4 is 31.6 Å². The van der Waals surface area contributed by atoms with Gasteiger partial charge in [0.15, 0.2) is 0 Å². The van der Waals surface area contributed by atoms with Crippen LogP contribution in [-0.2, 0) is 48.3 Å². The van der Waals surface area contributed by atoms with Crippen molar-refractivity contribution in [2.75, 3.05) is 30.3 Å². The van der Waals surface area contributed by atoms with Gasteiger partial charge in [-0.25, -0.2) is 4.79 Å². The fourth-order valence-corrected chi connectivity index (χ4v) is 6.92. The Morgan fingerprint density at radius 2 is 1.62 bits per heavy atom. The van der Waals surface area contributed by atoms with Crippen LogP contribution >= 0.6 is 11.3 Å². The van der Waals surface area contributed by atoms with Gasteiger partial charge in [0.05, 0.1) is 19.7 Å². The van der Waals surface area contributed by atoms with E-state index in [1.165, 1.54) is 23.1 Å². The van der Waals surface area contributed by atoms with E-state index in [1.807, 2.05) is 30.5 Å². The molecule has 0 saturated heterocycles. The molecule has 0 bridgehead atoms. The topological polar surface area (TPSA) is 194 Å². The second-order valence-corrected chi connectivity index (χ2v) is 15.6. The van der Waals surface area contributed by atoms with E-state index < -0.39 is 23.9 Å². The molecular weight excluding hydrogens is 789 g/mol. The summed E-state index contributed by atoms with van der Waals surface area (Å²) in [5.74, 6) is -1.68. The molecule has 0 saturated carbocycles. The van der Waals surface area contributed by atoms with Crippen LogP contribution in [0.5, 0.6) is 5.75 Å². The van der Waals surface area contributed by atoms with Crippen molar-refractivity contribution in [3.05, 3.63) is 122 Å². The smallest absolute Gasteiger partial charge is 0.411 e. The summed E-state index contributed by atoms with van der Waals surface area (Å²) in [6, 6.07) is 18.5. The van der Waals surface area contributed by atoms with E-state index in [2.05, 4.69) is 21.3 Å². The molecule has 2 aromatic heterocycles. The Morgan fingerprint density at radius 3 is 2.32 bits per heavy atom. The molecule has 316 valence electrons. The van der Waals surface area contributed by atoms with Crippen molar-refractivity contribution in [3.63, 3.8) is 0 Å². The number of aromatic nitrogens is 1. The van der Waals surface area contributed by atoms with Crippen LogP contribution in [0.2, 0.25) is 0 Å². The fourth-order valence-electron chi connectivity index (χ4n) is 6.23. The van der Waals surface area contributed by atoms with E-state index in [1.54, 1.807) is 78.4 Å². The van der Waals surface area contributed by atoms with Crippen LogP contribution in [0.25, 0.3) is 0 Å². The molecular formula is C44H50N6O9S. The van der Waals surface area contributed by atoms with Gasteiger partial charge >= 0.3 is 6.09 Å². The first-order valence-electron chi connectivity index (χ1n) is 19.7. The molecule has 60 heavy (non-hydrogen) atoms. The van der Waals surface area contributed by atoms with Crippen molar-refractivity contribution < 1.29 is 38.2 Å². The largest absolute Gasteiger partial charge is 0.493 e. The van der Waals surface area contributed by atoms with Crippen molar-refractivity contribution >= 4 is 58.3 Å². The van der Waals surface area contributed by atoms with Crippen LogP contribution in [0.15, 0.2) is 95.3 Å². The number of nitrogens with zero attached hydrogens (tertiary/aromatic N) is 2. The van der Waals surface area contributed by atoms with Crippen molar-refractivity contribution in [3.8, 4) is 5.75 Å². The summed E-state index contributed by atoms with van der Waals surface area (Å²) in [4.78, 5) is 89.3. The third-order valence-corrected chi connectivity index (χ3v) is 10.6. The molecule has 0 radical (unpaired) electrons. The molecule has 4 aromatic rings. The Kier molecular flexibility index (Phi) is 16.3. The van der Waals surface area contributed by atoms with E-state index in [4.69, 9.17) is 9.47 Å². The van der Waals surface area contributed by atoms with Crippen LogP contribution in [0.4, 0.5) is 16.2 Å². The summed E-state index contributed by atoms with van der Waals surface area (Å²) in [7, 11) is 0. The number of benzene rings is 2. The summed E-state index contributed by atoms with van der Waals surface area (Å²) in [6.07, 6.45) is 6.15. The molecule has 6 amide bonds. The predicted octanol–water partition coefficient (Wildman–Crippen LogP) is 5.32. The average Bonchev–Trinajstić information content (AvgIpc) is 3.86. The molecule has 4 N–H and O–H groups in total. The molecule has 0 fully saturated rings. The van der Waals surface area contributed by atoms with Gasteiger partial charge in [0.1, 0.15) is 18.4 Å². The molecule has 5 rings (SSSR count). The summed E-state index contributed by atoms with van der Waals surface area (Å²) in [5.41, 5.74) is 3.11. The summed E-state index contributed by atoms with van der Waals surface area (Å²) < 4.78 is 12.8. The highest BCUT2D eigenvalue weighted by molar-refractivity contribution is 7.09. The first-order valence-corrected chi connectivity index (χ1v) is 20.6. The van der Waals surface area contributed by atoms with E-state index in [0.29, 0.717) is 55.1 Å². The number of hydrogen-bond donors (Lipinski definition) is 4. The minimum absolute atomic E-state index is 0.0351. The molecule has 0 aliphatic carbocycles. The average molecular weight is 839 g/mol. The number of imide groups is 1. The van der Waals surface area contributed by atoms with Gasteiger partial charge < -0.3 is 30.0 Å². The van der Waals surface area contributed by atoms with Crippen LogP contribution in [0.1, 0.15) is 61.1 Å². The van der Waals surface area contributed by atoms with Crippen molar-refractivity contribution in [2.45, 2.75) is 72.1 Å². The van der Waals surface area contributed by atoms with E-state index in [-0.39, 0.29) is 55.3 Å². The quantitative estimate of drug-likeness (QED) is 0.0635. The van der Waals surface area contributed by atoms with Gasteiger partial charge in [-0.3, -0.25) is 39.0 Å². The minimum Gasteiger partial charge on any atom is -0.493 e. The summed E-state index contributed by atoms with van der Waals surface area (Å²) in [6.45, 7) is 6.14. The zero-order chi connectivity index (χ0) is 43.0. The number of pyridine rings is 1. The molecule has 1 aliphatic heterocycles. The van der Waals surface area contributed by atoms with Gasteiger partial charge in [-0.05, 0) is 78.1 Å². The minimum atomic E-state index is -0.845. The van der Waals surface area contributed by atoms with Gasteiger partial charge in [-0.1, -0.05) is 50.6 Å². The SMILES string of the molecule is Cc1c(Cn2ccc(OCCc3cccs3)cc2=O)cccc1NC(=O)OCc1ccc(NC(=O)CNC(=O)[C@@H](NC(=O)CCCCCN2C(=O)C=CC2=O)C(C)C)cc1. The number of rotatable bonds is 21. The lowest BCUT2D eigenvalue weighted by molar-refractivity contribution is -0.137. The highest BCUT2D eigenvalue weighted by Gasteiger charge is 2.25. The molecule has 0 spiro atoms. The Labute approximate surface area is 352 Å². The van der Waals surface area contributed by atoms with E-state index >= 15 is 0 Å². The lowest BCUT2D eigenvalue weighted by Crippen LogP contribution is -2.51. The van der Waals surface area contributed by atoms with Crippen LogP contribution in [0.3, 0.4) is 0 Å². The van der Waals surface area contributed by atoms with Crippen LogP contribution in [0, 0.1) is 12.8 Å². The van der Waals surface area contributed by atoms with E-state index in [9.17, 15) is 33.6 Å². The Bertz CT molecular complexity index is 2220. The highest BCUT2D eigenvalue weighted by Crippen LogP contribution is 2.21. The normalized spacial score (nSPS) is 12.6. The molecule has 1 aliphatic rings. The number of nitrogens with one attached hydrogen (secondary N) is 4. The molecule has 3 heterocycles. The second-order valence-electron chi connectivity index (χ2n) is 14.5. The molecule has 2 aromatic carbocycles. The third kappa shape index (κ3) is 13.5. The lowest BCUT2D eigenvalue weighted by Gasteiger charge is -2.21. The summed E-state index contributed by atoms with van der Waals surface area (Å²) in [5, 5.41) is 12.8. The van der Waals surface area contributed by atoms with Gasteiger partial charge in [0.2, 0.25) is 17.7 Å². The van der Waals surface area contributed by atoms with Crippen molar-refractivity contribution in [1.29, 1.82) is 0 Å². The standard InChI is InChI=1S/C44H50N6O9S/c1-29(2)42(48-37(51)12-5-4-6-21-50-39(53)17-18-40(50)54)43(56)45-26-38(52)46-33-15-13-31(14-16-33)28-59-44(57)47-36-11-7-9-32(30(36)3)27-49-22-19-34(25-41(49)55)58-23-20-35-10-8-24-60-35/h7-11,13-19,22,24-25,29,42H,4-6,12,20-21,23,26-28H2,1-3H3,(H,45,56)(H,46,52)(H,47,57)(H,48,51)/t42-/m0/s1. The fraction of sp³-hybridized carbons (Fsp3) is 0.341. The van der Waals surface area contributed by atoms with E-state index in [0.717, 1.165) is 22.4 Å². The molecule has 1 atom stereocenters. The molecule has 0 unspecified atom stereocenters. The Hall–Kier alpha value is -6.55. The Balaban J connectivity index is 0.996. The van der Waals surface area contributed by atoms with Gasteiger partial charge in [0, 0.05) is 60.1 Å². The predicted molar refractivity (Wildman–Crippen MR) is 227 cm³/mol. The number of hydrogen-bond acceptors (Lipinski definition) is 10. The van der Waals surface area contributed by atoms with Gasteiger partial charge in [0.25, 0.3) is 17.4 Å². The molecule has 16 heteroatoms. The maximum atomic E-state index is 12.9. The number of carbonyl (C=O) groups excluding carboxylic acids is 6. The Morgan fingerprint density at radius 1 is 0.850 bits per heavy atom. The molecule has 15 nitrogen and oxygen atoms in total. The number of carbonyl (C=O) groups is 6. The second kappa shape index (κ2) is 22.0. The number of ether oxygens (including phenoxy) is 2. The number of anilines is 2. The summed E-state index contributed by atoms with van der Waals surface area (Å²) >= 11 is 1.66. The maximum Gasteiger partial charge on any atom is 0.411 e. The maximum absolute atomic E-state index is 12.9. The number of thiophene rings is 1. The highest BCUT2D eigenvalue weighted by atomic mass is 32.1. The number of amides is 6. The third-order valence-electron chi connectivity index (χ3n) is 9.67. The van der Waals surface area contributed by atoms with Crippen molar-refractivity contribution in [2.24, 2.45) is 5.92 Å². The van der Waals surface area contributed by atoms with Crippen molar-refractivity contribution in [1.82, 2.24) is 20.1 Å².